The average Bonchev–Trinajstić information content (AvgIpc) is 2.45. The molecule has 0 unspecified atom stereocenters. The van der Waals surface area contributed by atoms with Gasteiger partial charge in [-0.1, -0.05) is 61.9 Å². The first-order valence-electron chi connectivity index (χ1n) is 6.60. The molecule has 0 aliphatic carbocycles. The Morgan fingerprint density at radius 3 is 2.21 bits per heavy atom. The van der Waals surface area contributed by atoms with Crippen LogP contribution in [-0.2, 0) is 4.79 Å². The second-order valence-electron chi connectivity index (χ2n) is 4.43. The highest BCUT2D eigenvalue weighted by Crippen LogP contribution is 2.11. The van der Waals surface area contributed by atoms with Crippen LogP contribution in [0.15, 0.2) is 48.1 Å². The molecule has 0 saturated carbocycles. The predicted molar refractivity (Wildman–Crippen MR) is 82.1 cm³/mol. The third-order valence-corrected chi connectivity index (χ3v) is 2.90. The topological polar surface area (TPSA) is 37.3 Å². The Bertz CT molecular complexity index is 416. The van der Waals surface area contributed by atoms with Gasteiger partial charge in [-0.05, 0) is 32.3 Å². The van der Waals surface area contributed by atoms with Gasteiger partial charge in [0.05, 0.1) is 0 Å². The van der Waals surface area contributed by atoms with Gasteiger partial charge in [-0.25, -0.2) is 4.79 Å². The normalized spacial score (nSPS) is 10.9. The highest BCUT2D eigenvalue weighted by molar-refractivity contribution is 5.86. The minimum atomic E-state index is -0.793. The van der Waals surface area contributed by atoms with E-state index in [-0.39, 0.29) is 0 Å². The van der Waals surface area contributed by atoms with E-state index < -0.39 is 5.97 Å². The van der Waals surface area contributed by atoms with Crippen LogP contribution in [0.1, 0.15) is 45.6 Å². The summed E-state index contributed by atoms with van der Waals surface area (Å²) in [5.41, 5.74) is 2.67. The van der Waals surface area contributed by atoms with Crippen molar-refractivity contribution in [1.29, 1.82) is 0 Å². The molecule has 1 rings (SSSR count). The number of rotatable bonds is 5. The lowest BCUT2D eigenvalue weighted by atomic mass is 10.1. The van der Waals surface area contributed by atoms with E-state index in [2.05, 4.69) is 13.5 Å². The lowest BCUT2D eigenvalue weighted by Gasteiger charge is -2.01. The van der Waals surface area contributed by atoms with Crippen molar-refractivity contribution in [2.75, 3.05) is 0 Å². The number of hydrogen-bond donors (Lipinski definition) is 1. The highest BCUT2D eigenvalue weighted by Gasteiger charge is 2.03. The van der Waals surface area contributed by atoms with E-state index in [0.717, 1.165) is 24.8 Å². The first kappa shape index (κ1) is 17.2. The van der Waals surface area contributed by atoms with Crippen LogP contribution in [0, 0.1) is 0 Å². The van der Waals surface area contributed by atoms with Crippen LogP contribution >= 0.6 is 0 Å². The first-order chi connectivity index (χ1) is 9.02. The molecule has 0 bridgehead atoms. The molecule has 2 heteroatoms. The molecule has 0 heterocycles. The van der Waals surface area contributed by atoms with Crippen molar-refractivity contribution in [2.45, 2.75) is 40.0 Å². The number of aliphatic carboxylic acids is 1. The van der Waals surface area contributed by atoms with Crippen molar-refractivity contribution in [2.24, 2.45) is 0 Å². The molecule has 0 saturated heterocycles. The van der Waals surface area contributed by atoms with Crippen molar-refractivity contribution in [3.05, 3.63) is 53.6 Å². The Morgan fingerprint density at radius 1 is 1.26 bits per heavy atom. The summed E-state index contributed by atoms with van der Waals surface area (Å²) < 4.78 is 0. The summed E-state index contributed by atoms with van der Waals surface area (Å²) in [5, 5.41) is 8.59. The fourth-order valence-corrected chi connectivity index (χ4v) is 1.40. The Labute approximate surface area is 116 Å². The average molecular weight is 260 g/mol. The van der Waals surface area contributed by atoms with E-state index in [1.165, 1.54) is 5.56 Å². The van der Waals surface area contributed by atoms with Gasteiger partial charge in [-0.15, -0.1) is 0 Å². The van der Waals surface area contributed by atoms with E-state index >= 15 is 0 Å². The van der Waals surface area contributed by atoms with Crippen LogP contribution in [0.4, 0.5) is 0 Å². The standard InChI is InChI=1S/C9H16O2.C8H8/c1-4-5-6-7(2)8(3)9(10)11;1-2-8-6-4-3-5-7-8/h4-6H2,1-3H3,(H,10,11);2-7H,1H2. The van der Waals surface area contributed by atoms with E-state index in [1.54, 1.807) is 6.92 Å². The molecule has 0 atom stereocenters. The molecule has 0 aliphatic heterocycles. The molecule has 0 amide bonds. The Morgan fingerprint density at radius 2 is 1.84 bits per heavy atom. The number of carboxylic acid groups (broad SMARTS) is 1. The van der Waals surface area contributed by atoms with Crippen LogP contribution in [0.2, 0.25) is 0 Å². The van der Waals surface area contributed by atoms with Crippen LogP contribution < -0.4 is 0 Å². The monoisotopic (exact) mass is 260 g/mol. The maximum absolute atomic E-state index is 10.4. The zero-order chi connectivity index (χ0) is 14.7. The van der Waals surface area contributed by atoms with Gasteiger partial charge >= 0.3 is 5.97 Å². The lowest BCUT2D eigenvalue weighted by Crippen LogP contribution is -1.99. The van der Waals surface area contributed by atoms with Crippen LogP contribution in [0.3, 0.4) is 0 Å². The fraction of sp³-hybridized carbons (Fsp3) is 0.353. The smallest absolute Gasteiger partial charge is 0.331 e. The summed E-state index contributed by atoms with van der Waals surface area (Å²) in [4.78, 5) is 10.4. The van der Waals surface area contributed by atoms with Crippen molar-refractivity contribution in [3.8, 4) is 0 Å². The second kappa shape index (κ2) is 10.1. The van der Waals surface area contributed by atoms with Crippen molar-refractivity contribution >= 4 is 12.0 Å². The van der Waals surface area contributed by atoms with E-state index in [1.807, 2.05) is 43.3 Å². The fourth-order valence-electron chi connectivity index (χ4n) is 1.40. The van der Waals surface area contributed by atoms with Crippen molar-refractivity contribution in [1.82, 2.24) is 0 Å². The molecule has 0 aliphatic rings. The van der Waals surface area contributed by atoms with Gasteiger partial charge in [0.1, 0.15) is 0 Å². The molecule has 19 heavy (non-hydrogen) atoms. The first-order valence-corrected chi connectivity index (χ1v) is 6.60. The van der Waals surface area contributed by atoms with Gasteiger partial charge in [0.25, 0.3) is 0 Å². The minimum Gasteiger partial charge on any atom is -0.478 e. The molecule has 1 aromatic carbocycles. The second-order valence-corrected chi connectivity index (χ2v) is 4.43. The zero-order valence-corrected chi connectivity index (χ0v) is 12.1. The van der Waals surface area contributed by atoms with Gasteiger partial charge in [-0.2, -0.15) is 0 Å². The molecule has 0 spiro atoms. The van der Waals surface area contributed by atoms with Crippen molar-refractivity contribution in [3.63, 3.8) is 0 Å². The molecule has 1 N–H and O–H groups in total. The Balaban J connectivity index is 0.000000356. The summed E-state index contributed by atoms with van der Waals surface area (Å²) >= 11 is 0. The van der Waals surface area contributed by atoms with Gasteiger partial charge in [0.2, 0.25) is 0 Å². The lowest BCUT2D eigenvalue weighted by molar-refractivity contribution is -0.132. The SMILES string of the molecule is C=Cc1ccccc1.CCCCC(C)=C(C)C(=O)O. The molecule has 2 nitrogen and oxygen atoms in total. The number of hydrogen-bond acceptors (Lipinski definition) is 1. The third-order valence-electron chi connectivity index (χ3n) is 2.90. The quantitative estimate of drug-likeness (QED) is 0.762. The summed E-state index contributed by atoms with van der Waals surface area (Å²) in [6.45, 7) is 9.28. The summed E-state index contributed by atoms with van der Waals surface area (Å²) in [6.07, 6.45) is 4.94. The maximum Gasteiger partial charge on any atom is 0.331 e. The van der Waals surface area contributed by atoms with Gasteiger partial charge < -0.3 is 5.11 Å². The van der Waals surface area contributed by atoms with Crippen LogP contribution in [-0.4, -0.2) is 11.1 Å². The predicted octanol–water partition coefficient (Wildman–Crippen LogP) is 4.93. The molecular formula is C17H24O2. The molecular weight excluding hydrogens is 236 g/mol. The highest BCUT2D eigenvalue weighted by atomic mass is 16.4. The summed E-state index contributed by atoms with van der Waals surface area (Å²) in [6, 6.07) is 10.0. The molecule has 1 aromatic rings. The minimum absolute atomic E-state index is 0.499. The molecule has 0 aromatic heterocycles. The van der Waals surface area contributed by atoms with Gasteiger partial charge in [0.15, 0.2) is 0 Å². The van der Waals surface area contributed by atoms with Gasteiger partial charge in [0, 0.05) is 5.57 Å². The number of unbranched alkanes of at least 4 members (excludes halogenated alkanes) is 1. The molecule has 104 valence electrons. The number of allylic oxidation sites excluding steroid dienone is 1. The molecule has 0 radical (unpaired) electrons. The van der Waals surface area contributed by atoms with E-state index in [4.69, 9.17) is 5.11 Å². The number of carboxylic acids is 1. The third kappa shape index (κ3) is 7.98. The van der Waals surface area contributed by atoms with Gasteiger partial charge in [-0.3, -0.25) is 0 Å². The van der Waals surface area contributed by atoms with Crippen LogP contribution in [0.5, 0.6) is 0 Å². The maximum atomic E-state index is 10.4. The van der Waals surface area contributed by atoms with E-state index in [9.17, 15) is 4.79 Å². The Kier molecular flexibility index (Phi) is 9.15. The largest absolute Gasteiger partial charge is 0.478 e. The zero-order valence-electron chi connectivity index (χ0n) is 12.1. The number of carbonyl (C=O) groups is 1. The molecule has 0 fully saturated rings. The summed E-state index contributed by atoms with van der Waals surface area (Å²) in [7, 11) is 0. The Hall–Kier alpha value is -1.83. The summed E-state index contributed by atoms with van der Waals surface area (Å²) in [5.74, 6) is -0.793. The number of benzene rings is 1. The van der Waals surface area contributed by atoms with Crippen LogP contribution in [0.25, 0.3) is 6.08 Å². The van der Waals surface area contributed by atoms with E-state index in [0.29, 0.717) is 5.57 Å². The van der Waals surface area contributed by atoms with Crippen molar-refractivity contribution < 1.29 is 9.90 Å².